The number of carbonyl (C=O) groups is 2. The van der Waals surface area contributed by atoms with Gasteiger partial charge >= 0.3 is 0 Å². The summed E-state index contributed by atoms with van der Waals surface area (Å²) in [5.41, 5.74) is 4.70. The Hall–Kier alpha value is -3.01. The molecule has 3 aliphatic carbocycles. The molecule has 4 fully saturated rings. The summed E-state index contributed by atoms with van der Waals surface area (Å²) < 4.78 is 30.0. The van der Waals surface area contributed by atoms with E-state index in [4.69, 9.17) is 0 Å². The summed E-state index contributed by atoms with van der Waals surface area (Å²) in [4.78, 5) is 32.9. The Bertz CT molecular complexity index is 1370. The van der Waals surface area contributed by atoms with Gasteiger partial charge in [0.1, 0.15) is 18.5 Å². The van der Waals surface area contributed by atoms with Gasteiger partial charge in [-0.3, -0.25) is 14.3 Å². The van der Waals surface area contributed by atoms with Crippen LogP contribution < -0.4 is 4.90 Å². The molecule has 2 amide bonds. The molecule has 7 rings (SSSR count). The summed E-state index contributed by atoms with van der Waals surface area (Å²) >= 11 is 0. The van der Waals surface area contributed by atoms with Gasteiger partial charge in [0.25, 0.3) is 5.91 Å². The maximum absolute atomic E-state index is 14.2. The Kier molecular flexibility index (Phi) is 5.60. The van der Waals surface area contributed by atoms with Crippen molar-refractivity contribution >= 4 is 17.5 Å². The van der Waals surface area contributed by atoms with E-state index in [1.165, 1.54) is 11.0 Å². The van der Waals surface area contributed by atoms with Crippen molar-refractivity contribution in [1.29, 1.82) is 0 Å². The minimum absolute atomic E-state index is 0.00829. The third-order valence-corrected chi connectivity index (χ3v) is 9.94. The van der Waals surface area contributed by atoms with Crippen LogP contribution in [0.4, 0.5) is 14.5 Å². The molecule has 1 aromatic carbocycles. The van der Waals surface area contributed by atoms with E-state index in [1.54, 1.807) is 11.6 Å². The number of aliphatic hydroxyl groups is 1. The Morgan fingerprint density at radius 2 is 1.95 bits per heavy atom. The molecule has 3 heterocycles. The van der Waals surface area contributed by atoms with Crippen molar-refractivity contribution in [1.82, 2.24) is 19.6 Å². The summed E-state index contributed by atoms with van der Waals surface area (Å²) in [6.07, 6.45) is 1.45. The summed E-state index contributed by atoms with van der Waals surface area (Å²) in [6.45, 7) is 6.00. The number of piperidine rings is 1. The molecule has 0 radical (unpaired) electrons. The van der Waals surface area contributed by atoms with Crippen molar-refractivity contribution in [3.8, 4) is 0 Å². The molecule has 4 atom stereocenters. The first kappa shape index (κ1) is 25.0. The molecular weight excluding hydrogens is 504 g/mol. The number of nitrogens with zero attached hydrogens (tertiary/aromatic N) is 5. The number of aliphatic hydroxyl groups excluding tert-OH is 1. The smallest absolute Gasteiger partial charge is 0.274 e. The van der Waals surface area contributed by atoms with E-state index in [1.807, 2.05) is 17.9 Å². The number of likely N-dealkylation sites (tertiary alicyclic amines) is 1. The Morgan fingerprint density at radius 3 is 2.69 bits per heavy atom. The monoisotopic (exact) mass is 539 g/mol. The fourth-order valence-electron chi connectivity index (χ4n) is 7.18. The van der Waals surface area contributed by atoms with Crippen LogP contribution in [0.2, 0.25) is 0 Å². The molecule has 0 bridgehead atoms. The number of rotatable bonds is 4. The highest BCUT2D eigenvalue weighted by Gasteiger charge is 2.54. The van der Waals surface area contributed by atoms with Gasteiger partial charge in [0.2, 0.25) is 5.91 Å². The first-order valence-electron chi connectivity index (χ1n) is 14.2. The van der Waals surface area contributed by atoms with Crippen molar-refractivity contribution in [2.45, 2.75) is 76.2 Å². The number of aromatic nitrogens is 2. The molecule has 1 spiro atoms. The van der Waals surface area contributed by atoms with E-state index < -0.39 is 12.3 Å². The van der Waals surface area contributed by atoms with Crippen LogP contribution in [0.5, 0.6) is 0 Å². The lowest BCUT2D eigenvalue weighted by Gasteiger charge is -2.44. The highest BCUT2D eigenvalue weighted by molar-refractivity contribution is 5.95. The topological polar surface area (TPSA) is 81.9 Å². The van der Waals surface area contributed by atoms with Crippen molar-refractivity contribution in [3.63, 3.8) is 0 Å². The minimum atomic E-state index is -1.45. The molecule has 39 heavy (non-hydrogen) atoms. The van der Waals surface area contributed by atoms with Crippen molar-refractivity contribution in [2.75, 3.05) is 37.6 Å². The lowest BCUT2D eigenvalue weighted by molar-refractivity contribution is -0.135. The SMILES string of the molecule is Cc1c(F)ccc(N2CCN(C(=O)Cn3nc(C(=O)N4CC[C@H](O)[C@H](F)C4)c4c3C[C@H]3C[C@@H]43)C3(CC3)C2)c1C. The van der Waals surface area contributed by atoms with Crippen molar-refractivity contribution < 1.29 is 23.5 Å². The number of carbonyl (C=O) groups excluding carboxylic acids is 2. The predicted octanol–water partition coefficient (Wildman–Crippen LogP) is 2.72. The number of hydrogen-bond donors (Lipinski definition) is 1. The molecule has 0 unspecified atom stereocenters. The van der Waals surface area contributed by atoms with Crippen molar-refractivity contribution in [2.24, 2.45) is 5.92 Å². The molecule has 208 valence electrons. The third-order valence-electron chi connectivity index (χ3n) is 9.94. The molecule has 2 saturated heterocycles. The Balaban J connectivity index is 1.10. The van der Waals surface area contributed by atoms with E-state index in [2.05, 4.69) is 10.00 Å². The second-order valence-corrected chi connectivity index (χ2v) is 12.3. The van der Waals surface area contributed by atoms with Crippen LogP contribution in [0.25, 0.3) is 0 Å². The van der Waals surface area contributed by atoms with Gasteiger partial charge in [-0.15, -0.1) is 0 Å². The van der Waals surface area contributed by atoms with Gasteiger partial charge in [0.05, 0.1) is 18.2 Å². The summed E-state index contributed by atoms with van der Waals surface area (Å²) in [5.74, 6) is 0.324. The molecule has 2 saturated carbocycles. The first-order valence-corrected chi connectivity index (χ1v) is 14.2. The molecule has 1 N–H and O–H groups in total. The lowest BCUT2D eigenvalue weighted by atomic mass is 10.0. The average Bonchev–Trinajstić information content (AvgIpc) is 3.80. The number of amides is 2. The second-order valence-electron chi connectivity index (χ2n) is 12.3. The molecule has 5 aliphatic rings. The number of halogens is 2. The standard InChI is InChI=1S/C29H35F2N5O3/c1-16-17(2)22(4-3-20(16)30)34-9-10-35(29(15-34)6-7-29)25(38)14-36-23-12-18-11-19(18)26(23)27(32-36)28(39)33-8-5-24(37)21(31)13-33/h3-4,18-19,21,24,37H,5-15H2,1-2H3/t18-,19-,21-,24+/m1/s1. The normalized spacial score (nSPS) is 28.5. The summed E-state index contributed by atoms with van der Waals surface area (Å²) in [7, 11) is 0. The van der Waals surface area contributed by atoms with Gasteiger partial charge in [0.15, 0.2) is 5.69 Å². The van der Waals surface area contributed by atoms with Gasteiger partial charge in [-0.2, -0.15) is 5.10 Å². The van der Waals surface area contributed by atoms with Gasteiger partial charge < -0.3 is 19.8 Å². The van der Waals surface area contributed by atoms with Crippen LogP contribution >= 0.6 is 0 Å². The Morgan fingerprint density at radius 1 is 1.15 bits per heavy atom. The zero-order valence-corrected chi connectivity index (χ0v) is 22.5. The third kappa shape index (κ3) is 3.97. The second kappa shape index (κ2) is 8.74. The van der Waals surface area contributed by atoms with Gasteiger partial charge in [-0.1, -0.05) is 0 Å². The number of fused-ring (bicyclic) bond motifs is 3. The number of alkyl halides is 1. The van der Waals surface area contributed by atoms with E-state index in [9.17, 15) is 23.5 Å². The first-order chi connectivity index (χ1) is 18.7. The lowest BCUT2D eigenvalue weighted by Crippen LogP contribution is -2.58. The summed E-state index contributed by atoms with van der Waals surface area (Å²) in [6, 6.07) is 3.37. The average molecular weight is 540 g/mol. The molecule has 1 aromatic heterocycles. The van der Waals surface area contributed by atoms with E-state index in [0.29, 0.717) is 42.7 Å². The maximum atomic E-state index is 14.2. The quantitative estimate of drug-likeness (QED) is 0.647. The van der Waals surface area contributed by atoms with Crippen LogP contribution in [0.3, 0.4) is 0 Å². The Labute approximate surface area is 226 Å². The molecule has 2 aliphatic heterocycles. The molecular formula is C29H35F2N5O3. The maximum Gasteiger partial charge on any atom is 0.274 e. The largest absolute Gasteiger partial charge is 0.390 e. The van der Waals surface area contributed by atoms with Crippen LogP contribution in [-0.4, -0.2) is 87.0 Å². The van der Waals surface area contributed by atoms with E-state index in [-0.39, 0.29) is 42.7 Å². The number of anilines is 1. The van der Waals surface area contributed by atoms with Crippen LogP contribution in [0.1, 0.15) is 64.5 Å². The zero-order chi connectivity index (χ0) is 27.2. The van der Waals surface area contributed by atoms with Crippen LogP contribution in [-0.2, 0) is 17.8 Å². The summed E-state index contributed by atoms with van der Waals surface area (Å²) in [5, 5.41) is 14.4. The highest BCUT2D eigenvalue weighted by Crippen LogP contribution is 2.57. The zero-order valence-electron chi connectivity index (χ0n) is 22.5. The van der Waals surface area contributed by atoms with Gasteiger partial charge in [0, 0.05) is 43.1 Å². The predicted molar refractivity (Wildman–Crippen MR) is 140 cm³/mol. The molecule has 2 aromatic rings. The minimum Gasteiger partial charge on any atom is -0.390 e. The molecule has 10 heteroatoms. The van der Waals surface area contributed by atoms with Crippen LogP contribution in [0.15, 0.2) is 12.1 Å². The molecule has 8 nitrogen and oxygen atoms in total. The number of piperazine rings is 1. The van der Waals surface area contributed by atoms with Crippen LogP contribution in [0, 0.1) is 25.6 Å². The van der Waals surface area contributed by atoms with E-state index in [0.717, 1.165) is 54.7 Å². The fraction of sp³-hybridized carbons (Fsp3) is 0.621. The number of hydrogen-bond acceptors (Lipinski definition) is 5. The number of benzene rings is 1. The fourth-order valence-corrected chi connectivity index (χ4v) is 7.18. The highest BCUT2D eigenvalue weighted by atomic mass is 19.1. The van der Waals surface area contributed by atoms with Crippen molar-refractivity contribution in [3.05, 3.63) is 46.0 Å². The van der Waals surface area contributed by atoms with Gasteiger partial charge in [-0.25, -0.2) is 8.78 Å². The van der Waals surface area contributed by atoms with E-state index >= 15 is 0 Å². The van der Waals surface area contributed by atoms with Gasteiger partial charge in [-0.05, 0) is 81.0 Å².